The Morgan fingerprint density at radius 3 is 2.68 bits per heavy atom. The van der Waals surface area contributed by atoms with Gasteiger partial charge in [0.2, 0.25) is 0 Å². The first kappa shape index (κ1) is 14.0. The third-order valence-electron chi connectivity index (χ3n) is 2.61. The van der Waals surface area contributed by atoms with Crippen molar-refractivity contribution < 1.29 is 5.11 Å². The number of hydrogen-bond donors (Lipinski definition) is 2. The van der Waals surface area contributed by atoms with Crippen molar-refractivity contribution in [2.75, 3.05) is 5.75 Å². The lowest BCUT2D eigenvalue weighted by Gasteiger charge is -2.10. The van der Waals surface area contributed by atoms with Crippen LogP contribution in [0, 0.1) is 0 Å². The minimum Gasteiger partial charge on any atom is -0.393 e. The second-order valence-corrected chi connectivity index (χ2v) is 5.32. The zero-order chi connectivity index (χ0) is 13.7. The molecule has 1 aromatic heterocycles. The highest BCUT2D eigenvalue weighted by atomic mass is 32.2. The second-order valence-electron chi connectivity index (χ2n) is 4.33. The van der Waals surface area contributed by atoms with Crippen molar-refractivity contribution in [1.29, 1.82) is 0 Å². The van der Waals surface area contributed by atoms with E-state index in [1.807, 2.05) is 22.8 Å². The van der Waals surface area contributed by atoms with Crippen molar-refractivity contribution in [3.63, 3.8) is 0 Å². The van der Waals surface area contributed by atoms with Crippen molar-refractivity contribution in [3.8, 4) is 0 Å². The number of aliphatic hydroxyl groups is 1. The largest absolute Gasteiger partial charge is 0.393 e. The van der Waals surface area contributed by atoms with E-state index in [4.69, 9.17) is 5.73 Å². The molecule has 1 atom stereocenters. The summed E-state index contributed by atoms with van der Waals surface area (Å²) in [6.45, 7) is 2.81. The summed E-state index contributed by atoms with van der Waals surface area (Å²) in [4.78, 5) is 0. The van der Waals surface area contributed by atoms with E-state index in [1.54, 1.807) is 6.92 Å². The molecule has 0 aliphatic carbocycles. The van der Waals surface area contributed by atoms with E-state index in [9.17, 15) is 5.11 Å². The average Bonchev–Trinajstić information content (AvgIpc) is 2.80. The standard InChI is InChI=1S/C13H18N4OS/c1-10(18)9-19-13-16-15-12(7-14)17(13)8-11-5-3-2-4-6-11/h2-6,10,18H,7-9,14H2,1H3/t10-/m0/s1. The first-order valence-corrected chi connectivity index (χ1v) is 7.16. The Kier molecular flexibility index (Phi) is 4.95. The maximum atomic E-state index is 9.36. The molecule has 1 aromatic carbocycles. The van der Waals surface area contributed by atoms with Crippen LogP contribution in [0.3, 0.4) is 0 Å². The maximum Gasteiger partial charge on any atom is 0.191 e. The van der Waals surface area contributed by atoms with Gasteiger partial charge in [0, 0.05) is 5.75 Å². The predicted molar refractivity (Wildman–Crippen MR) is 75.9 cm³/mol. The third kappa shape index (κ3) is 3.79. The van der Waals surface area contributed by atoms with Crippen LogP contribution in [0.1, 0.15) is 18.3 Å². The van der Waals surface area contributed by atoms with E-state index in [2.05, 4.69) is 22.3 Å². The molecule has 0 unspecified atom stereocenters. The van der Waals surface area contributed by atoms with Gasteiger partial charge in [0.25, 0.3) is 0 Å². The molecule has 19 heavy (non-hydrogen) atoms. The molecule has 0 spiro atoms. The van der Waals surface area contributed by atoms with E-state index >= 15 is 0 Å². The molecular weight excluding hydrogens is 260 g/mol. The lowest BCUT2D eigenvalue weighted by Crippen LogP contribution is -2.11. The van der Waals surface area contributed by atoms with Crippen LogP contribution in [0.2, 0.25) is 0 Å². The van der Waals surface area contributed by atoms with Crippen LogP contribution in [0.4, 0.5) is 0 Å². The second kappa shape index (κ2) is 6.70. The normalized spacial score (nSPS) is 12.6. The SMILES string of the molecule is C[C@H](O)CSc1nnc(CN)n1Cc1ccccc1. The maximum absolute atomic E-state index is 9.36. The fourth-order valence-corrected chi connectivity index (χ4v) is 2.51. The van der Waals surface area contributed by atoms with E-state index < -0.39 is 0 Å². The molecule has 0 amide bonds. The van der Waals surface area contributed by atoms with Crippen LogP contribution >= 0.6 is 11.8 Å². The molecule has 102 valence electrons. The summed E-state index contributed by atoms with van der Waals surface area (Å²) in [7, 11) is 0. The summed E-state index contributed by atoms with van der Waals surface area (Å²) in [6, 6.07) is 10.1. The Bertz CT molecular complexity index is 513. The number of hydrogen-bond acceptors (Lipinski definition) is 5. The number of aromatic nitrogens is 3. The van der Waals surface area contributed by atoms with Gasteiger partial charge in [-0.3, -0.25) is 0 Å². The minimum absolute atomic E-state index is 0.356. The van der Waals surface area contributed by atoms with Crippen LogP contribution in [0.25, 0.3) is 0 Å². The van der Waals surface area contributed by atoms with Gasteiger partial charge in [0.1, 0.15) is 5.82 Å². The molecule has 0 fully saturated rings. The number of thioether (sulfide) groups is 1. The lowest BCUT2D eigenvalue weighted by molar-refractivity contribution is 0.220. The first-order valence-electron chi connectivity index (χ1n) is 6.17. The van der Waals surface area contributed by atoms with Gasteiger partial charge in [-0.15, -0.1) is 10.2 Å². The van der Waals surface area contributed by atoms with Crippen LogP contribution in [-0.2, 0) is 13.1 Å². The molecule has 0 aliphatic rings. The highest BCUT2D eigenvalue weighted by molar-refractivity contribution is 7.99. The molecule has 1 heterocycles. The van der Waals surface area contributed by atoms with Gasteiger partial charge in [0.05, 0.1) is 19.2 Å². The Labute approximate surface area is 116 Å². The Morgan fingerprint density at radius 1 is 1.32 bits per heavy atom. The average molecular weight is 278 g/mol. The van der Waals surface area contributed by atoms with Gasteiger partial charge in [-0.1, -0.05) is 42.1 Å². The van der Waals surface area contributed by atoms with Gasteiger partial charge < -0.3 is 15.4 Å². The Morgan fingerprint density at radius 2 is 2.05 bits per heavy atom. The summed E-state index contributed by atoms with van der Waals surface area (Å²) in [5.74, 6) is 1.36. The number of benzene rings is 1. The van der Waals surface area contributed by atoms with Crippen LogP contribution < -0.4 is 5.73 Å². The molecule has 0 saturated heterocycles. The summed E-state index contributed by atoms with van der Waals surface area (Å²) >= 11 is 1.49. The van der Waals surface area contributed by atoms with Crippen LogP contribution in [0.15, 0.2) is 35.5 Å². The van der Waals surface area contributed by atoms with E-state index in [-0.39, 0.29) is 6.10 Å². The molecule has 2 aromatic rings. The molecule has 0 bridgehead atoms. The zero-order valence-corrected chi connectivity index (χ0v) is 11.7. The smallest absolute Gasteiger partial charge is 0.191 e. The number of nitrogens with zero attached hydrogens (tertiary/aromatic N) is 3. The molecule has 6 heteroatoms. The molecule has 0 saturated carbocycles. The highest BCUT2D eigenvalue weighted by Crippen LogP contribution is 2.19. The third-order valence-corrected chi connectivity index (χ3v) is 3.82. The number of aliphatic hydroxyl groups excluding tert-OH is 1. The van der Waals surface area contributed by atoms with Gasteiger partial charge >= 0.3 is 0 Å². The first-order chi connectivity index (χ1) is 9.20. The number of nitrogens with two attached hydrogens (primary N) is 1. The van der Waals surface area contributed by atoms with Crippen LogP contribution in [-0.4, -0.2) is 31.7 Å². The summed E-state index contributed by atoms with van der Waals surface area (Å²) in [5, 5.41) is 18.4. The molecular formula is C13H18N4OS. The van der Waals surface area contributed by atoms with Crippen molar-refractivity contribution in [2.45, 2.75) is 31.3 Å². The predicted octanol–water partition coefficient (Wildman–Crippen LogP) is 1.26. The van der Waals surface area contributed by atoms with Gasteiger partial charge in [-0.25, -0.2) is 0 Å². The molecule has 0 radical (unpaired) electrons. The minimum atomic E-state index is -0.367. The van der Waals surface area contributed by atoms with E-state index in [1.165, 1.54) is 17.3 Å². The van der Waals surface area contributed by atoms with Gasteiger partial charge in [-0.05, 0) is 12.5 Å². The van der Waals surface area contributed by atoms with Crippen LogP contribution in [0.5, 0.6) is 0 Å². The topological polar surface area (TPSA) is 77.0 Å². The van der Waals surface area contributed by atoms with Crippen molar-refractivity contribution >= 4 is 11.8 Å². The van der Waals surface area contributed by atoms with Gasteiger partial charge in [0.15, 0.2) is 5.16 Å². The van der Waals surface area contributed by atoms with E-state index in [0.717, 1.165) is 11.0 Å². The number of rotatable bonds is 6. The van der Waals surface area contributed by atoms with Gasteiger partial charge in [-0.2, -0.15) is 0 Å². The Balaban J connectivity index is 2.19. The molecule has 0 aliphatic heterocycles. The molecule has 3 N–H and O–H groups in total. The van der Waals surface area contributed by atoms with Crippen molar-refractivity contribution in [3.05, 3.63) is 41.7 Å². The monoisotopic (exact) mass is 278 g/mol. The quantitative estimate of drug-likeness (QED) is 0.778. The van der Waals surface area contributed by atoms with Crippen molar-refractivity contribution in [2.24, 2.45) is 5.73 Å². The fourth-order valence-electron chi connectivity index (χ4n) is 1.70. The summed E-state index contributed by atoms with van der Waals surface area (Å²) in [5.41, 5.74) is 6.87. The van der Waals surface area contributed by atoms with E-state index in [0.29, 0.717) is 18.8 Å². The summed E-state index contributed by atoms with van der Waals surface area (Å²) < 4.78 is 2.00. The molecule has 5 nitrogen and oxygen atoms in total. The zero-order valence-electron chi connectivity index (χ0n) is 10.9. The highest BCUT2D eigenvalue weighted by Gasteiger charge is 2.12. The Hall–Kier alpha value is -1.37. The summed E-state index contributed by atoms with van der Waals surface area (Å²) in [6.07, 6.45) is -0.367. The fraction of sp³-hybridized carbons (Fsp3) is 0.385. The lowest BCUT2D eigenvalue weighted by atomic mass is 10.2. The van der Waals surface area contributed by atoms with Crippen molar-refractivity contribution in [1.82, 2.24) is 14.8 Å². The molecule has 2 rings (SSSR count).